The van der Waals surface area contributed by atoms with Crippen molar-refractivity contribution in [1.82, 2.24) is 0 Å². The van der Waals surface area contributed by atoms with E-state index in [0.717, 1.165) is 11.4 Å². The van der Waals surface area contributed by atoms with E-state index in [1.165, 1.54) is 77.3 Å². The van der Waals surface area contributed by atoms with Gasteiger partial charge in [0.25, 0.3) is 0 Å². The highest BCUT2D eigenvalue weighted by Crippen LogP contribution is 2.51. The average Bonchev–Trinajstić information content (AvgIpc) is 3.09. The van der Waals surface area contributed by atoms with Crippen molar-refractivity contribution in [3.8, 4) is 33.4 Å². The van der Waals surface area contributed by atoms with Crippen LogP contribution in [0.25, 0.3) is 54.9 Å². The van der Waals surface area contributed by atoms with Gasteiger partial charge < -0.3 is 4.90 Å². The third-order valence-electron chi connectivity index (χ3n) is 10.8. The maximum absolute atomic E-state index is 2.41. The summed E-state index contributed by atoms with van der Waals surface area (Å²) in [6, 6.07) is 50.7. The van der Waals surface area contributed by atoms with Crippen LogP contribution in [0, 0.1) is 0 Å². The lowest BCUT2D eigenvalue weighted by Crippen LogP contribution is -2.15. The van der Waals surface area contributed by atoms with Gasteiger partial charge in [0.2, 0.25) is 0 Å². The van der Waals surface area contributed by atoms with E-state index in [-0.39, 0.29) is 16.2 Å². The molecule has 7 aromatic carbocycles. The largest absolute Gasteiger partial charge is 0.310 e. The van der Waals surface area contributed by atoms with Crippen LogP contribution in [0.1, 0.15) is 79.0 Å². The second kappa shape index (κ2) is 11.7. The van der Waals surface area contributed by atoms with Crippen LogP contribution in [0.5, 0.6) is 0 Å². The molecule has 0 aromatic heterocycles. The van der Waals surface area contributed by atoms with Crippen LogP contribution < -0.4 is 4.90 Å². The van der Waals surface area contributed by atoms with Crippen molar-refractivity contribution >= 4 is 38.6 Å². The zero-order valence-electron chi connectivity index (χ0n) is 31.6. The summed E-state index contributed by atoms with van der Waals surface area (Å²) in [5.41, 5.74) is 15.7. The number of hydrogen-bond donors (Lipinski definition) is 0. The van der Waals surface area contributed by atoms with E-state index in [0.29, 0.717) is 0 Å². The first kappa shape index (κ1) is 33.0. The molecule has 0 saturated heterocycles. The molecule has 1 nitrogen and oxygen atoms in total. The minimum atomic E-state index is 0.0542. The molecular formula is C50H49N. The van der Waals surface area contributed by atoms with Crippen molar-refractivity contribution < 1.29 is 0 Å². The average molecular weight is 664 g/mol. The maximum atomic E-state index is 2.41. The summed E-state index contributed by atoms with van der Waals surface area (Å²) < 4.78 is 0. The number of fused-ring (bicyclic) bond motifs is 6. The van der Waals surface area contributed by atoms with Gasteiger partial charge in [-0.2, -0.15) is 0 Å². The molecule has 51 heavy (non-hydrogen) atoms. The predicted octanol–water partition coefficient (Wildman–Crippen LogP) is 14.7. The molecule has 0 atom stereocenters. The lowest BCUT2D eigenvalue weighted by atomic mass is 9.77. The van der Waals surface area contributed by atoms with E-state index in [4.69, 9.17) is 0 Å². The Balaban J connectivity index is 1.19. The molecule has 0 unspecified atom stereocenters. The lowest BCUT2D eigenvalue weighted by molar-refractivity contribution is 0.590. The van der Waals surface area contributed by atoms with Crippen molar-refractivity contribution in [3.05, 3.63) is 150 Å². The van der Waals surface area contributed by atoms with Crippen molar-refractivity contribution in [1.29, 1.82) is 0 Å². The van der Waals surface area contributed by atoms with Crippen LogP contribution in [-0.4, -0.2) is 0 Å². The Kier molecular flexibility index (Phi) is 7.58. The zero-order valence-corrected chi connectivity index (χ0v) is 31.6. The highest BCUT2D eigenvalue weighted by Gasteiger charge is 2.25. The van der Waals surface area contributed by atoms with E-state index < -0.39 is 0 Å². The van der Waals surface area contributed by atoms with Crippen molar-refractivity contribution in [2.75, 3.05) is 4.90 Å². The van der Waals surface area contributed by atoms with E-state index in [2.05, 4.69) is 201 Å². The molecule has 1 aliphatic rings. The van der Waals surface area contributed by atoms with Crippen molar-refractivity contribution in [3.63, 3.8) is 0 Å². The minimum absolute atomic E-state index is 0.0542. The van der Waals surface area contributed by atoms with E-state index in [1.807, 2.05) is 0 Å². The second-order valence-corrected chi connectivity index (χ2v) is 17.6. The fourth-order valence-corrected chi connectivity index (χ4v) is 7.56. The third kappa shape index (κ3) is 6.03. The number of rotatable bonds is 4. The van der Waals surface area contributed by atoms with Crippen molar-refractivity contribution in [2.45, 2.75) is 78.6 Å². The molecule has 0 amide bonds. The maximum Gasteiger partial charge on any atom is 0.0468 e. The van der Waals surface area contributed by atoms with Crippen LogP contribution in [-0.2, 0) is 16.2 Å². The smallest absolute Gasteiger partial charge is 0.0468 e. The van der Waals surface area contributed by atoms with Crippen LogP contribution in [0.3, 0.4) is 0 Å². The van der Waals surface area contributed by atoms with E-state index >= 15 is 0 Å². The highest BCUT2D eigenvalue weighted by atomic mass is 15.1. The molecule has 1 aliphatic carbocycles. The zero-order chi connectivity index (χ0) is 35.9. The monoisotopic (exact) mass is 663 g/mol. The Morgan fingerprint density at radius 1 is 0.314 bits per heavy atom. The molecule has 0 radical (unpaired) electrons. The predicted molar refractivity (Wildman–Crippen MR) is 222 cm³/mol. The van der Waals surface area contributed by atoms with Crippen molar-refractivity contribution in [2.24, 2.45) is 0 Å². The van der Waals surface area contributed by atoms with E-state index in [9.17, 15) is 0 Å². The molecule has 8 rings (SSSR count). The van der Waals surface area contributed by atoms with Crippen LogP contribution in [0.15, 0.2) is 133 Å². The Morgan fingerprint density at radius 3 is 1.29 bits per heavy atom. The first-order chi connectivity index (χ1) is 24.1. The van der Waals surface area contributed by atoms with E-state index in [1.54, 1.807) is 0 Å². The fourth-order valence-electron chi connectivity index (χ4n) is 7.56. The molecule has 0 aliphatic heterocycles. The third-order valence-corrected chi connectivity index (χ3v) is 10.8. The van der Waals surface area contributed by atoms with Gasteiger partial charge in [0.05, 0.1) is 0 Å². The Bertz CT molecular complexity index is 2440. The summed E-state index contributed by atoms with van der Waals surface area (Å²) in [5, 5.41) is 5.10. The van der Waals surface area contributed by atoms with Gasteiger partial charge in [0.1, 0.15) is 0 Å². The van der Waals surface area contributed by atoms with Gasteiger partial charge in [0.15, 0.2) is 0 Å². The summed E-state index contributed by atoms with van der Waals surface area (Å²) in [4.78, 5) is 2.41. The Hall–Kier alpha value is -5.14. The summed E-state index contributed by atoms with van der Waals surface area (Å²) in [6.07, 6.45) is 0. The topological polar surface area (TPSA) is 3.24 Å². The first-order valence-electron chi connectivity index (χ1n) is 18.4. The molecule has 1 heteroatoms. The highest BCUT2D eigenvalue weighted by molar-refractivity contribution is 6.12. The molecule has 7 aromatic rings. The Labute approximate surface area is 304 Å². The molecule has 0 N–H and O–H groups in total. The number of anilines is 3. The van der Waals surface area contributed by atoms with Crippen LogP contribution in [0.2, 0.25) is 0 Å². The summed E-state index contributed by atoms with van der Waals surface area (Å²) >= 11 is 0. The van der Waals surface area contributed by atoms with Gasteiger partial charge in [0, 0.05) is 17.1 Å². The molecule has 0 spiro atoms. The summed E-state index contributed by atoms with van der Waals surface area (Å²) in [6.45, 7) is 20.5. The van der Waals surface area contributed by atoms with Gasteiger partial charge in [-0.05, 0) is 155 Å². The first-order valence-corrected chi connectivity index (χ1v) is 18.4. The van der Waals surface area contributed by atoms with Crippen LogP contribution in [0.4, 0.5) is 17.1 Å². The van der Waals surface area contributed by atoms with Gasteiger partial charge >= 0.3 is 0 Å². The quantitative estimate of drug-likeness (QED) is 0.181. The number of nitrogens with zero attached hydrogens (tertiary/aromatic N) is 1. The number of benzene rings is 7. The molecule has 254 valence electrons. The second-order valence-electron chi connectivity index (χ2n) is 17.6. The summed E-state index contributed by atoms with van der Waals surface area (Å²) in [5.74, 6) is 0. The normalized spacial score (nSPS) is 12.8. The minimum Gasteiger partial charge on any atom is -0.310 e. The molecule has 0 heterocycles. The molecule has 0 saturated carbocycles. The van der Waals surface area contributed by atoms with Crippen LogP contribution >= 0.6 is 0 Å². The van der Waals surface area contributed by atoms with Gasteiger partial charge in [-0.3, -0.25) is 0 Å². The lowest BCUT2D eigenvalue weighted by Gasteiger charge is -2.29. The fraction of sp³-hybridized carbons (Fsp3) is 0.240. The SMILES string of the molecule is CC(C)(C)c1ccc(-c2ccc3cc4c(cc3c2)-c2cc3cc(N(c5ccc(C(C)(C)C)cc5)c5cccc(C(C)(C)C)c5)ccc3cc2-4)cc1. The standard InChI is InChI=1S/C50H49N/c1-48(2,3)38-18-15-32(16-19-38)33-13-14-34-27-44-45-28-35-17-22-43(26-37(35)30-47(45)46(44)29-36(34)25-33)51(41-23-20-39(21-24-41)49(4,5)6)42-12-10-11-40(31-42)50(7,8)9/h10-31H,1-9H3. The van der Waals surface area contributed by atoms with Gasteiger partial charge in [-0.15, -0.1) is 0 Å². The molecular weight excluding hydrogens is 615 g/mol. The molecule has 0 fully saturated rings. The van der Waals surface area contributed by atoms with Gasteiger partial charge in [-0.25, -0.2) is 0 Å². The Morgan fingerprint density at radius 2 is 0.745 bits per heavy atom. The number of hydrogen-bond acceptors (Lipinski definition) is 1. The molecule has 0 bridgehead atoms. The summed E-state index contributed by atoms with van der Waals surface area (Å²) in [7, 11) is 0. The van der Waals surface area contributed by atoms with Gasteiger partial charge in [-0.1, -0.05) is 129 Å².